The molecule has 4 rings (SSSR count). The molecule has 4 aliphatic rings. The SMILES string of the molecule is CC(C)NC(=O)NC(=O)COC(=O)C12C[C@H]3C[C@@H](CC(Cl)(C3)C1)C2. The van der Waals surface area contributed by atoms with Gasteiger partial charge in [-0.3, -0.25) is 14.9 Å². The Morgan fingerprint density at radius 3 is 2.33 bits per heavy atom. The van der Waals surface area contributed by atoms with E-state index in [0.717, 1.165) is 32.1 Å². The van der Waals surface area contributed by atoms with E-state index in [2.05, 4.69) is 10.6 Å². The molecule has 7 heteroatoms. The van der Waals surface area contributed by atoms with E-state index in [4.69, 9.17) is 16.3 Å². The van der Waals surface area contributed by atoms with Crippen LogP contribution >= 0.6 is 11.6 Å². The molecule has 0 aromatic heterocycles. The molecule has 2 atom stereocenters. The maximum Gasteiger partial charge on any atom is 0.321 e. The van der Waals surface area contributed by atoms with Crippen molar-refractivity contribution in [3.63, 3.8) is 0 Å². The number of hydrogen-bond acceptors (Lipinski definition) is 4. The van der Waals surface area contributed by atoms with Gasteiger partial charge < -0.3 is 10.1 Å². The quantitative estimate of drug-likeness (QED) is 0.598. The molecular formula is C17H25ClN2O4. The molecule has 4 fully saturated rings. The van der Waals surface area contributed by atoms with Crippen LogP contribution in [0.15, 0.2) is 0 Å². The minimum Gasteiger partial charge on any atom is -0.455 e. The highest BCUT2D eigenvalue weighted by atomic mass is 35.5. The Bertz CT molecular complexity index is 549. The summed E-state index contributed by atoms with van der Waals surface area (Å²) in [6, 6.07) is -0.659. The minimum atomic E-state index is -0.619. The number of esters is 1. The Kier molecular flexibility index (Phi) is 4.53. The van der Waals surface area contributed by atoms with Gasteiger partial charge in [0.1, 0.15) is 0 Å². The summed E-state index contributed by atoms with van der Waals surface area (Å²) in [6.07, 6.45) is 5.38. The zero-order chi connectivity index (χ0) is 17.5. The number of rotatable bonds is 4. The van der Waals surface area contributed by atoms with Crippen LogP contribution in [0.3, 0.4) is 0 Å². The summed E-state index contributed by atoms with van der Waals surface area (Å²) >= 11 is 6.70. The molecule has 4 bridgehead atoms. The number of imide groups is 1. The second-order valence-corrected chi connectivity index (χ2v) is 8.95. The second-order valence-electron chi connectivity index (χ2n) is 8.14. The third kappa shape index (κ3) is 3.53. The van der Waals surface area contributed by atoms with Crippen LogP contribution in [0.2, 0.25) is 0 Å². The molecule has 0 aromatic rings. The normalized spacial score (nSPS) is 36.5. The molecule has 0 aromatic carbocycles. The van der Waals surface area contributed by atoms with Gasteiger partial charge in [-0.05, 0) is 64.2 Å². The first-order valence-electron chi connectivity index (χ1n) is 8.66. The maximum absolute atomic E-state index is 12.6. The van der Waals surface area contributed by atoms with Crippen LogP contribution in [-0.2, 0) is 14.3 Å². The van der Waals surface area contributed by atoms with E-state index in [1.54, 1.807) is 13.8 Å². The molecular weight excluding hydrogens is 332 g/mol. The highest BCUT2D eigenvalue weighted by molar-refractivity contribution is 6.24. The molecule has 3 amide bonds. The van der Waals surface area contributed by atoms with Crippen molar-refractivity contribution in [2.75, 3.05) is 6.61 Å². The topological polar surface area (TPSA) is 84.5 Å². The molecule has 0 saturated heterocycles. The van der Waals surface area contributed by atoms with Crippen molar-refractivity contribution in [2.45, 2.75) is 63.3 Å². The number of ether oxygens (including phenoxy) is 1. The van der Waals surface area contributed by atoms with Gasteiger partial charge in [-0.25, -0.2) is 4.79 Å². The van der Waals surface area contributed by atoms with Gasteiger partial charge >= 0.3 is 12.0 Å². The molecule has 4 aliphatic carbocycles. The molecule has 2 N–H and O–H groups in total. The number of hydrogen-bond donors (Lipinski definition) is 2. The number of alkyl halides is 1. The predicted octanol–water partition coefficient (Wildman–Crippen LogP) is 2.34. The van der Waals surface area contributed by atoms with E-state index in [-0.39, 0.29) is 16.9 Å². The highest BCUT2D eigenvalue weighted by Crippen LogP contribution is 2.64. The van der Waals surface area contributed by atoms with Crippen molar-refractivity contribution in [2.24, 2.45) is 17.3 Å². The van der Waals surface area contributed by atoms with Crippen molar-refractivity contribution in [3.8, 4) is 0 Å². The van der Waals surface area contributed by atoms with Crippen LogP contribution in [0.1, 0.15) is 52.4 Å². The summed E-state index contributed by atoms with van der Waals surface area (Å²) in [7, 11) is 0. The summed E-state index contributed by atoms with van der Waals surface area (Å²) in [5.41, 5.74) is -0.535. The lowest BCUT2D eigenvalue weighted by molar-refractivity contribution is -0.171. The molecule has 24 heavy (non-hydrogen) atoms. The largest absolute Gasteiger partial charge is 0.455 e. The summed E-state index contributed by atoms with van der Waals surface area (Å²) in [5, 5.41) is 4.70. The van der Waals surface area contributed by atoms with Crippen LogP contribution < -0.4 is 10.6 Å². The molecule has 134 valence electrons. The number of carbonyl (C=O) groups is 3. The van der Waals surface area contributed by atoms with Crippen LogP contribution in [0, 0.1) is 17.3 Å². The Morgan fingerprint density at radius 2 is 1.79 bits per heavy atom. The molecule has 6 nitrogen and oxygen atoms in total. The number of nitrogens with one attached hydrogen (secondary N) is 2. The molecule has 0 aliphatic heterocycles. The van der Waals surface area contributed by atoms with Gasteiger partial charge in [-0.2, -0.15) is 0 Å². The predicted molar refractivity (Wildman–Crippen MR) is 88.5 cm³/mol. The van der Waals surface area contributed by atoms with Crippen LogP contribution in [0.25, 0.3) is 0 Å². The molecule has 4 saturated carbocycles. The van der Waals surface area contributed by atoms with Crippen LogP contribution in [0.4, 0.5) is 4.79 Å². The van der Waals surface area contributed by atoms with E-state index < -0.39 is 24.0 Å². The fraction of sp³-hybridized carbons (Fsp3) is 0.824. The van der Waals surface area contributed by atoms with Gasteiger partial charge in [0, 0.05) is 10.9 Å². The van der Waals surface area contributed by atoms with Gasteiger partial charge in [-0.1, -0.05) is 0 Å². The van der Waals surface area contributed by atoms with E-state index in [1.807, 2.05) is 0 Å². The maximum atomic E-state index is 12.6. The standard InChI is InChI=1S/C17H25ClN2O4/c1-10(2)19-15(23)20-13(21)8-24-14(22)16-4-11-3-12(5-16)7-17(18,6-11)9-16/h10-12H,3-9H2,1-2H3,(H2,19,20,21,23)/t11-,12-,16?,17?/m1/s1. The minimum absolute atomic E-state index is 0.0766. The lowest BCUT2D eigenvalue weighted by Gasteiger charge is -2.58. The summed E-state index contributed by atoms with van der Waals surface area (Å²) in [4.78, 5) is 35.6. The first-order valence-corrected chi connectivity index (χ1v) is 9.04. The Hall–Kier alpha value is -1.30. The molecule has 0 radical (unpaired) electrons. The number of carbonyl (C=O) groups excluding carboxylic acids is 3. The molecule has 0 heterocycles. The smallest absolute Gasteiger partial charge is 0.321 e. The highest BCUT2D eigenvalue weighted by Gasteiger charge is 2.60. The summed E-state index contributed by atoms with van der Waals surface area (Å²) in [6.45, 7) is 3.15. The first kappa shape index (κ1) is 17.5. The average molecular weight is 357 g/mol. The number of urea groups is 1. The zero-order valence-electron chi connectivity index (χ0n) is 14.2. The van der Waals surface area contributed by atoms with Gasteiger partial charge in [0.05, 0.1) is 5.41 Å². The monoisotopic (exact) mass is 356 g/mol. The third-order valence-corrected chi connectivity index (χ3v) is 5.87. The Labute approximate surface area is 147 Å². The second kappa shape index (κ2) is 6.21. The van der Waals surface area contributed by atoms with Crippen molar-refractivity contribution >= 4 is 29.5 Å². The van der Waals surface area contributed by atoms with Gasteiger partial charge in [0.2, 0.25) is 0 Å². The lowest BCUT2D eigenvalue weighted by Crippen LogP contribution is -2.56. The molecule has 0 spiro atoms. The van der Waals surface area contributed by atoms with Crippen molar-refractivity contribution in [1.29, 1.82) is 0 Å². The van der Waals surface area contributed by atoms with Gasteiger partial charge in [0.25, 0.3) is 5.91 Å². The fourth-order valence-corrected chi connectivity index (χ4v) is 5.83. The Balaban J connectivity index is 1.54. The van der Waals surface area contributed by atoms with E-state index >= 15 is 0 Å². The summed E-state index contributed by atoms with van der Waals surface area (Å²) in [5.74, 6) is 0.0248. The third-order valence-electron chi connectivity index (χ3n) is 5.43. The Morgan fingerprint density at radius 1 is 1.17 bits per heavy atom. The van der Waals surface area contributed by atoms with Crippen molar-refractivity contribution < 1.29 is 19.1 Å². The lowest BCUT2D eigenvalue weighted by atomic mass is 9.49. The molecule has 0 unspecified atom stereocenters. The van der Waals surface area contributed by atoms with Crippen molar-refractivity contribution in [3.05, 3.63) is 0 Å². The first-order chi connectivity index (χ1) is 11.2. The van der Waals surface area contributed by atoms with Gasteiger partial charge in [0.15, 0.2) is 6.61 Å². The number of halogens is 1. The zero-order valence-corrected chi connectivity index (χ0v) is 14.9. The van der Waals surface area contributed by atoms with E-state index in [9.17, 15) is 14.4 Å². The van der Waals surface area contributed by atoms with E-state index in [0.29, 0.717) is 18.3 Å². The summed E-state index contributed by atoms with van der Waals surface area (Å²) < 4.78 is 5.25. The average Bonchev–Trinajstić information content (AvgIpc) is 2.40. The van der Waals surface area contributed by atoms with E-state index in [1.165, 1.54) is 0 Å². The van der Waals surface area contributed by atoms with Crippen LogP contribution in [0.5, 0.6) is 0 Å². The van der Waals surface area contributed by atoms with Gasteiger partial charge in [-0.15, -0.1) is 11.6 Å². The van der Waals surface area contributed by atoms with Crippen molar-refractivity contribution in [1.82, 2.24) is 10.6 Å². The fourth-order valence-electron chi connectivity index (χ4n) is 5.13. The number of amides is 3. The van der Waals surface area contributed by atoms with Crippen LogP contribution in [-0.4, -0.2) is 35.4 Å².